The van der Waals surface area contributed by atoms with E-state index in [1.807, 2.05) is 13.8 Å². The first kappa shape index (κ1) is 14.5. The second kappa shape index (κ2) is 5.85. The molecular weight excluding hydrogens is 216 g/mol. The van der Waals surface area contributed by atoms with Crippen molar-refractivity contribution >= 4 is 5.97 Å². The van der Waals surface area contributed by atoms with E-state index in [0.29, 0.717) is 5.92 Å². The van der Waals surface area contributed by atoms with Crippen molar-refractivity contribution in [2.24, 2.45) is 17.3 Å². The highest BCUT2D eigenvalue weighted by Gasteiger charge is 2.42. The number of aliphatic hydroxyl groups is 1. The maximum absolute atomic E-state index is 11.4. The number of carbonyl (C=O) groups excluding carboxylic acids is 1. The fourth-order valence-corrected chi connectivity index (χ4v) is 2.95. The van der Waals surface area contributed by atoms with Gasteiger partial charge in [0, 0.05) is 5.41 Å². The Bertz CT molecular complexity index is 252. The van der Waals surface area contributed by atoms with Gasteiger partial charge in [-0.2, -0.15) is 0 Å². The van der Waals surface area contributed by atoms with Crippen LogP contribution in [0, 0.1) is 17.3 Å². The smallest absolute Gasteiger partial charge is 0.335 e. The average Bonchev–Trinajstić information content (AvgIpc) is 2.36. The lowest BCUT2D eigenvalue weighted by Crippen LogP contribution is -2.43. The Morgan fingerprint density at radius 3 is 2.29 bits per heavy atom. The average molecular weight is 242 g/mol. The molecule has 100 valence electrons. The molecule has 0 spiro atoms. The molecule has 1 N–H and O–H groups in total. The van der Waals surface area contributed by atoms with Crippen LogP contribution in [0.3, 0.4) is 0 Å². The zero-order valence-corrected chi connectivity index (χ0v) is 11.5. The van der Waals surface area contributed by atoms with Crippen LogP contribution in [-0.2, 0) is 9.53 Å². The zero-order valence-electron chi connectivity index (χ0n) is 11.5. The van der Waals surface area contributed by atoms with E-state index >= 15 is 0 Å². The summed E-state index contributed by atoms with van der Waals surface area (Å²) < 4.78 is 4.64. The van der Waals surface area contributed by atoms with Crippen LogP contribution in [0.5, 0.6) is 0 Å². The van der Waals surface area contributed by atoms with Crippen molar-refractivity contribution in [3.8, 4) is 0 Å². The molecule has 0 radical (unpaired) electrons. The molecule has 0 amide bonds. The first-order valence-electron chi connectivity index (χ1n) is 6.69. The van der Waals surface area contributed by atoms with Crippen molar-refractivity contribution in [1.82, 2.24) is 0 Å². The normalized spacial score (nSPS) is 27.6. The van der Waals surface area contributed by atoms with Gasteiger partial charge in [0.2, 0.25) is 0 Å². The van der Waals surface area contributed by atoms with Crippen LogP contribution in [0.4, 0.5) is 0 Å². The van der Waals surface area contributed by atoms with Gasteiger partial charge >= 0.3 is 5.97 Å². The number of carbonyl (C=O) groups is 1. The van der Waals surface area contributed by atoms with Crippen molar-refractivity contribution in [1.29, 1.82) is 0 Å². The van der Waals surface area contributed by atoms with Gasteiger partial charge < -0.3 is 9.84 Å². The van der Waals surface area contributed by atoms with E-state index < -0.39 is 12.1 Å². The third-order valence-corrected chi connectivity index (χ3v) is 4.61. The highest BCUT2D eigenvalue weighted by Crippen LogP contribution is 2.43. The van der Waals surface area contributed by atoms with Crippen LogP contribution in [0.1, 0.15) is 52.9 Å². The minimum atomic E-state index is -1.00. The van der Waals surface area contributed by atoms with Gasteiger partial charge in [-0.15, -0.1) is 0 Å². The van der Waals surface area contributed by atoms with Crippen molar-refractivity contribution in [3.05, 3.63) is 0 Å². The molecule has 0 aromatic heterocycles. The van der Waals surface area contributed by atoms with Crippen LogP contribution >= 0.6 is 0 Å². The third kappa shape index (κ3) is 3.21. The van der Waals surface area contributed by atoms with Gasteiger partial charge in [0.05, 0.1) is 7.11 Å². The summed E-state index contributed by atoms with van der Waals surface area (Å²) in [5.41, 5.74) is -0.383. The van der Waals surface area contributed by atoms with E-state index in [2.05, 4.69) is 11.7 Å². The first-order valence-corrected chi connectivity index (χ1v) is 6.69. The van der Waals surface area contributed by atoms with Crippen LogP contribution in [0.15, 0.2) is 0 Å². The molecule has 1 rings (SSSR count). The molecule has 0 aliphatic heterocycles. The summed E-state index contributed by atoms with van der Waals surface area (Å²) in [6, 6.07) is 0. The SMILES string of the molecule is CCC1CCC(C(C)(C)C(O)C(=O)OC)CC1. The van der Waals surface area contributed by atoms with E-state index in [0.717, 1.165) is 18.8 Å². The second-order valence-electron chi connectivity index (χ2n) is 5.87. The van der Waals surface area contributed by atoms with Crippen LogP contribution in [0.25, 0.3) is 0 Å². The Kier molecular flexibility index (Phi) is 4.99. The van der Waals surface area contributed by atoms with E-state index in [1.54, 1.807) is 0 Å². The summed E-state index contributed by atoms with van der Waals surface area (Å²) in [5, 5.41) is 10.0. The maximum atomic E-state index is 11.4. The van der Waals surface area contributed by atoms with Crippen molar-refractivity contribution in [3.63, 3.8) is 0 Å². The Balaban J connectivity index is 2.62. The predicted molar refractivity (Wildman–Crippen MR) is 67.5 cm³/mol. The molecule has 0 heterocycles. The Morgan fingerprint density at radius 2 is 1.88 bits per heavy atom. The molecule has 0 bridgehead atoms. The lowest BCUT2D eigenvalue weighted by Gasteiger charge is -2.41. The zero-order chi connectivity index (χ0) is 13.1. The minimum absolute atomic E-state index is 0.383. The summed E-state index contributed by atoms with van der Waals surface area (Å²) >= 11 is 0. The van der Waals surface area contributed by atoms with Gasteiger partial charge in [0.15, 0.2) is 6.10 Å². The minimum Gasteiger partial charge on any atom is -0.467 e. The molecule has 1 atom stereocenters. The van der Waals surface area contributed by atoms with Crippen molar-refractivity contribution in [2.45, 2.75) is 59.0 Å². The molecule has 17 heavy (non-hydrogen) atoms. The van der Waals surface area contributed by atoms with Gasteiger partial charge in [-0.3, -0.25) is 0 Å². The molecule has 1 aliphatic rings. The summed E-state index contributed by atoms with van der Waals surface area (Å²) in [6.07, 6.45) is 4.90. The van der Waals surface area contributed by atoms with Crippen molar-refractivity contribution < 1.29 is 14.6 Å². The topological polar surface area (TPSA) is 46.5 Å². The van der Waals surface area contributed by atoms with Crippen LogP contribution in [-0.4, -0.2) is 24.3 Å². The van der Waals surface area contributed by atoms with Crippen LogP contribution < -0.4 is 0 Å². The van der Waals surface area contributed by atoms with Gasteiger partial charge in [-0.05, 0) is 24.7 Å². The summed E-state index contributed by atoms with van der Waals surface area (Å²) in [5.74, 6) is 0.740. The Hall–Kier alpha value is -0.570. The van der Waals surface area contributed by atoms with Crippen molar-refractivity contribution in [2.75, 3.05) is 7.11 Å². The molecule has 3 nitrogen and oxygen atoms in total. The Morgan fingerprint density at radius 1 is 1.35 bits per heavy atom. The maximum Gasteiger partial charge on any atom is 0.335 e. The molecule has 1 fully saturated rings. The van der Waals surface area contributed by atoms with Gasteiger partial charge in [-0.25, -0.2) is 4.79 Å². The highest BCUT2D eigenvalue weighted by atomic mass is 16.5. The molecule has 3 heteroatoms. The number of rotatable bonds is 4. The molecule has 0 aromatic rings. The third-order valence-electron chi connectivity index (χ3n) is 4.61. The molecule has 0 saturated heterocycles. The number of hydrogen-bond donors (Lipinski definition) is 1. The van der Waals surface area contributed by atoms with Gasteiger partial charge in [-0.1, -0.05) is 40.0 Å². The second-order valence-corrected chi connectivity index (χ2v) is 5.87. The van der Waals surface area contributed by atoms with Gasteiger partial charge in [0.25, 0.3) is 0 Å². The number of hydrogen-bond acceptors (Lipinski definition) is 3. The molecule has 1 saturated carbocycles. The van der Waals surface area contributed by atoms with E-state index in [1.165, 1.54) is 26.4 Å². The van der Waals surface area contributed by atoms with Gasteiger partial charge in [0.1, 0.15) is 0 Å². The van der Waals surface area contributed by atoms with Crippen LogP contribution in [0.2, 0.25) is 0 Å². The number of esters is 1. The lowest BCUT2D eigenvalue weighted by atomic mass is 9.66. The summed E-state index contributed by atoms with van der Waals surface area (Å²) in [4.78, 5) is 11.4. The highest BCUT2D eigenvalue weighted by molar-refractivity contribution is 5.75. The van der Waals surface area contributed by atoms with E-state index in [-0.39, 0.29) is 5.41 Å². The first-order chi connectivity index (χ1) is 7.93. The monoisotopic (exact) mass is 242 g/mol. The molecule has 0 aromatic carbocycles. The Labute approximate surface area is 105 Å². The lowest BCUT2D eigenvalue weighted by molar-refractivity contribution is -0.160. The van der Waals surface area contributed by atoms with E-state index in [4.69, 9.17) is 0 Å². The number of aliphatic hydroxyl groups excluding tert-OH is 1. The molecular formula is C14H26O3. The fourth-order valence-electron chi connectivity index (χ4n) is 2.95. The summed E-state index contributed by atoms with van der Waals surface area (Å²) in [6.45, 7) is 6.19. The molecule has 1 aliphatic carbocycles. The number of ether oxygens (including phenoxy) is 1. The summed E-state index contributed by atoms with van der Waals surface area (Å²) in [7, 11) is 1.33. The number of methoxy groups -OCH3 is 1. The quantitative estimate of drug-likeness (QED) is 0.771. The standard InChI is InChI=1S/C14H26O3/c1-5-10-6-8-11(9-7-10)14(2,3)12(15)13(16)17-4/h10-12,15H,5-9H2,1-4H3. The largest absolute Gasteiger partial charge is 0.467 e. The van der Waals surface area contributed by atoms with E-state index in [9.17, 15) is 9.90 Å². The molecule has 1 unspecified atom stereocenters. The predicted octanol–water partition coefficient (Wildman–Crippen LogP) is 2.76. The fraction of sp³-hybridized carbons (Fsp3) is 0.929.